The lowest BCUT2D eigenvalue weighted by Gasteiger charge is -2.08. The van der Waals surface area contributed by atoms with E-state index < -0.39 is 10.9 Å². The van der Waals surface area contributed by atoms with Crippen LogP contribution in [0.5, 0.6) is 0 Å². The van der Waals surface area contributed by atoms with Gasteiger partial charge in [0.05, 0.1) is 11.5 Å². The molecule has 0 spiro atoms. The maximum atomic E-state index is 12.0. The minimum atomic E-state index is -0.565. The number of aromatic nitrogens is 3. The van der Waals surface area contributed by atoms with E-state index in [0.29, 0.717) is 11.3 Å². The maximum Gasteiger partial charge on any atom is 0.361 e. The summed E-state index contributed by atoms with van der Waals surface area (Å²) in [4.78, 5) is 22.4. The molecule has 0 amide bonds. The van der Waals surface area contributed by atoms with Crippen LogP contribution in [0.4, 0.5) is 5.69 Å². The zero-order valence-electron chi connectivity index (χ0n) is 13.3. The van der Waals surface area contributed by atoms with Crippen molar-refractivity contribution < 1.29 is 14.5 Å². The third-order valence-electron chi connectivity index (χ3n) is 3.59. The van der Waals surface area contributed by atoms with Crippen LogP contribution in [-0.4, -0.2) is 32.9 Å². The van der Waals surface area contributed by atoms with E-state index in [4.69, 9.17) is 4.74 Å². The van der Waals surface area contributed by atoms with Crippen molar-refractivity contribution in [2.45, 2.75) is 6.92 Å². The van der Waals surface area contributed by atoms with E-state index in [1.54, 1.807) is 25.1 Å². The van der Waals surface area contributed by atoms with Gasteiger partial charge in [0, 0.05) is 17.7 Å². The summed E-state index contributed by atoms with van der Waals surface area (Å²) < 4.78 is 5.00. The number of ether oxygens (including phenoxy) is 1. The van der Waals surface area contributed by atoms with Gasteiger partial charge in [0.15, 0.2) is 5.69 Å². The molecule has 2 aromatic carbocycles. The molecular formula is C17H14N4O4. The Hall–Kier alpha value is -3.55. The summed E-state index contributed by atoms with van der Waals surface area (Å²) in [6.45, 7) is 1.94. The van der Waals surface area contributed by atoms with E-state index >= 15 is 0 Å². The van der Waals surface area contributed by atoms with Crippen molar-refractivity contribution in [2.75, 3.05) is 6.61 Å². The second-order valence-electron chi connectivity index (χ2n) is 5.09. The van der Waals surface area contributed by atoms with Crippen molar-refractivity contribution in [3.05, 3.63) is 64.3 Å². The van der Waals surface area contributed by atoms with Crippen molar-refractivity contribution >= 4 is 11.7 Å². The van der Waals surface area contributed by atoms with Crippen LogP contribution in [0.2, 0.25) is 0 Å². The van der Waals surface area contributed by atoms with Gasteiger partial charge < -0.3 is 4.74 Å². The third kappa shape index (κ3) is 3.23. The minimum absolute atomic E-state index is 0.00915. The molecule has 0 radical (unpaired) electrons. The molecule has 1 aromatic heterocycles. The molecule has 0 aliphatic rings. The number of nitrogens with zero attached hydrogens (tertiary/aromatic N) is 3. The highest BCUT2D eigenvalue weighted by atomic mass is 16.6. The Morgan fingerprint density at radius 2 is 1.80 bits per heavy atom. The quantitative estimate of drug-likeness (QED) is 0.434. The lowest BCUT2D eigenvalue weighted by molar-refractivity contribution is -0.384. The molecule has 8 nitrogen and oxygen atoms in total. The molecule has 0 aliphatic heterocycles. The zero-order valence-corrected chi connectivity index (χ0v) is 13.3. The van der Waals surface area contributed by atoms with Gasteiger partial charge in [-0.25, -0.2) is 4.79 Å². The number of carbonyl (C=O) groups excluding carboxylic acids is 1. The monoisotopic (exact) mass is 338 g/mol. The summed E-state index contributed by atoms with van der Waals surface area (Å²) in [5, 5.41) is 21.2. The molecule has 3 rings (SSSR count). The van der Waals surface area contributed by atoms with Gasteiger partial charge in [0.2, 0.25) is 0 Å². The van der Waals surface area contributed by atoms with Gasteiger partial charge in [-0.3, -0.25) is 10.1 Å². The van der Waals surface area contributed by atoms with Gasteiger partial charge >= 0.3 is 5.97 Å². The number of nitro groups is 1. The van der Waals surface area contributed by atoms with E-state index in [9.17, 15) is 14.9 Å². The summed E-state index contributed by atoms with van der Waals surface area (Å²) >= 11 is 0. The van der Waals surface area contributed by atoms with Crippen LogP contribution in [0.1, 0.15) is 17.4 Å². The summed E-state index contributed by atoms with van der Waals surface area (Å²) in [7, 11) is 0. The third-order valence-corrected chi connectivity index (χ3v) is 3.59. The molecule has 126 valence electrons. The van der Waals surface area contributed by atoms with Gasteiger partial charge in [0.1, 0.15) is 5.69 Å². The number of hydrogen-bond acceptors (Lipinski definition) is 6. The molecule has 3 aromatic rings. The van der Waals surface area contributed by atoms with Crippen LogP contribution in [-0.2, 0) is 4.74 Å². The molecule has 25 heavy (non-hydrogen) atoms. The zero-order chi connectivity index (χ0) is 17.8. The van der Waals surface area contributed by atoms with Crippen LogP contribution in [0, 0.1) is 10.1 Å². The van der Waals surface area contributed by atoms with Crippen LogP contribution < -0.4 is 0 Å². The highest BCUT2D eigenvalue weighted by molar-refractivity contribution is 5.96. The molecule has 0 fully saturated rings. The molecule has 1 N–H and O–H groups in total. The molecule has 8 heteroatoms. The van der Waals surface area contributed by atoms with Gasteiger partial charge in [-0.15, -0.1) is 5.10 Å². The van der Waals surface area contributed by atoms with E-state index in [2.05, 4.69) is 15.4 Å². The topological polar surface area (TPSA) is 111 Å². The van der Waals surface area contributed by atoms with E-state index in [1.807, 2.05) is 18.2 Å². The summed E-state index contributed by atoms with van der Waals surface area (Å²) in [6.07, 6.45) is 0. The SMILES string of the molecule is CCOC(=O)c1n[nH]nc1-c1ccccc1-c1ccc([N+](=O)[O-])cc1. The van der Waals surface area contributed by atoms with Crippen LogP contribution in [0.3, 0.4) is 0 Å². The Kier molecular flexibility index (Phi) is 4.51. The molecular weight excluding hydrogens is 324 g/mol. The van der Waals surface area contributed by atoms with Crippen LogP contribution in [0.15, 0.2) is 48.5 Å². The average Bonchev–Trinajstić information content (AvgIpc) is 3.12. The fourth-order valence-corrected chi connectivity index (χ4v) is 2.46. The number of esters is 1. The highest BCUT2D eigenvalue weighted by Gasteiger charge is 2.21. The first-order valence-electron chi connectivity index (χ1n) is 7.54. The number of aromatic amines is 1. The van der Waals surface area contributed by atoms with Crippen molar-refractivity contribution in [1.29, 1.82) is 0 Å². The lowest BCUT2D eigenvalue weighted by atomic mass is 9.96. The fourth-order valence-electron chi connectivity index (χ4n) is 2.46. The first-order valence-corrected chi connectivity index (χ1v) is 7.54. The Labute approximate surface area is 142 Å². The van der Waals surface area contributed by atoms with Crippen LogP contribution in [0.25, 0.3) is 22.4 Å². The predicted molar refractivity (Wildman–Crippen MR) is 89.9 cm³/mol. The number of carbonyl (C=O) groups is 1. The molecule has 0 saturated heterocycles. The Morgan fingerprint density at radius 3 is 2.44 bits per heavy atom. The molecule has 0 atom stereocenters. The van der Waals surface area contributed by atoms with Gasteiger partial charge in [-0.2, -0.15) is 10.3 Å². The number of hydrogen-bond donors (Lipinski definition) is 1. The summed E-state index contributed by atoms with van der Waals surface area (Å²) in [6, 6.07) is 13.5. The number of nitrogens with one attached hydrogen (secondary N) is 1. The number of benzene rings is 2. The normalized spacial score (nSPS) is 10.4. The maximum absolute atomic E-state index is 12.0. The van der Waals surface area contributed by atoms with Gasteiger partial charge in [-0.1, -0.05) is 24.3 Å². The van der Waals surface area contributed by atoms with Crippen molar-refractivity contribution in [2.24, 2.45) is 0 Å². The first-order chi connectivity index (χ1) is 12.1. The number of rotatable bonds is 5. The van der Waals surface area contributed by atoms with Crippen molar-refractivity contribution in [3.8, 4) is 22.4 Å². The van der Waals surface area contributed by atoms with Crippen LogP contribution >= 0.6 is 0 Å². The summed E-state index contributed by atoms with van der Waals surface area (Å²) in [5.41, 5.74) is 2.68. The van der Waals surface area contributed by atoms with E-state index in [0.717, 1.165) is 11.1 Å². The van der Waals surface area contributed by atoms with Crippen molar-refractivity contribution in [1.82, 2.24) is 15.4 Å². The smallest absolute Gasteiger partial charge is 0.361 e. The summed E-state index contributed by atoms with van der Waals surface area (Å²) in [5.74, 6) is -0.565. The van der Waals surface area contributed by atoms with Gasteiger partial charge in [0.25, 0.3) is 5.69 Å². The predicted octanol–water partition coefficient (Wildman–Crippen LogP) is 3.22. The first kappa shape index (κ1) is 16.3. The molecule has 0 aliphatic carbocycles. The number of nitro benzene ring substituents is 1. The lowest BCUT2D eigenvalue weighted by Crippen LogP contribution is -2.07. The Bertz CT molecular complexity index is 918. The van der Waals surface area contributed by atoms with E-state index in [1.165, 1.54) is 12.1 Å². The van der Waals surface area contributed by atoms with E-state index in [-0.39, 0.29) is 18.0 Å². The van der Waals surface area contributed by atoms with Gasteiger partial charge in [-0.05, 0) is 30.2 Å². The number of H-pyrrole nitrogens is 1. The Morgan fingerprint density at radius 1 is 1.12 bits per heavy atom. The molecule has 0 saturated carbocycles. The molecule has 0 bridgehead atoms. The highest BCUT2D eigenvalue weighted by Crippen LogP contribution is 2.33. The standard InChI is InChI=1S/C17H14N4O4/c1-2-25-17(22)16-15(18-20-19-16)14-6-4-3-5-13(14)11-7-9-12(10-8-11)21(23)24/h3-10H,2H2,1H3,(H,18,19,20). The number of non-ortho nitro benzene ring substituents is 1. The molecule has 1 heterocycles. The second kappa shape index (κ2) is 6.91. The second-order valence-corrected chi connectivity index (χ2v) is 5.09. The van der Waals surface area contributed by atoms with Crippen molar-refractivity contribution in [3.63, 3.8) is 0 Å². The largest absolute Gasteiger partial charge is 0.461 e. The molecule has 0 unspecified atom stereocenters. The average molecular weight is 338 g/mol. The Balaban J connectivity index is 2.07. The minimum Gasteiger partial charge on any atom is -0.461 e. The fraction of sp³-hybridized carbons (Fsp3) is 0.118.